The van der Waals surface area contributed by atoms with Crippen molar-refractivity contribution in [3.05, 3.63) is 122 Å². The van der Waals surface area contributed by atoms with E-state index in [0.29, 0.717) is 41.5 Å². The van der Waals surface area contributed by atoms with Gasteiger partial charge in [0.1, 0.15) is 41.2 Å². The van der Waals surface area contributed by atoms with E-state index in [4.69, 9.17) is 31.4 Å². The highest BCUT2D eigenvalue weighted by Gasteiger charge is 2.60. The van der Waals surface area contributed by atoms with Crippen LogP contribution in [0.2, 0.25) is 0 Å². The fraction of sp³-hybridized carbons (Fsp3) is 0.453. The predicted octanol–water partition coefficient (Wildman–Crippen LogP) is -1.01. The van der Waals surface area contributed by atoms with E-state index in [1.807, 2.05) is 18.4 Å². The number of hydrogen-bond donors (Lipinski definition) is 13. The third-order valence-corrected chi connectivity index (χ3v) is 16.6. The number of phenols is 1. The van der Waals surface area contributed by atoms with Gasteiger partial charge in [0.25, 0.3) is 11.8 Å². The second-order valence-corrected chi connectivity index (χ2v) is 20.3. The highest BCUT2D eigenvalue weighted by atomic mass is 16.7. The summed E-state index contributed by atoms with van der Waals surface area (Å²) in [6.45, 7) is -1.96. The number of allylic oxidation sites excluding steroid dienone is 5. The van der Waals surface area contributed by atoms with Crippen molar-refractivity contribution < 1.29 is 69.1 Å². The molecule has 0 saturated carbocycles. The van der Waals surface area contributed by atoms with E-state index < -0.39 is 120 Å². The van der Waals surface area contributed by atoms with Crippen molar-refractivity contribution in [2.24, 2.45) is 45.4 Å². The molecule has 1 saturated heterocycles. The van der Waals surface area contributed by atoms with Crippen LogP contribution in [0.4, 0.5) is 0 Å². The van der Waals surface area contributed by atoms with Gasteiger partial charge in [0, 0.05) is 90.7 Å². The topological polar surface area (TPSA) is 367 Å². The van der Waals surface area contributed by atoms with Gasteiger partial charge in [-0.25, -0.2) is 0 Å². The molecule has 2 aromatic carbocycles. The van der Waals surface area contributed by atoms with E-state index in [0.717, 1.165) is 22.6 Å². The molecule has 4 aliphatic heterocycles. The zero-order valence-electron chi connectivity index (χ0n) is 41.2. The van der Waals surface area contributed by atoms with Crippen LogP contribution >= 0.6 is 0 Å². The Morgan fingerprint density at radius 1 is 1.03 bits per heavy atom. The van der Waals surface area contributed by atoms with E-state index >= 15 is 9.59 Å². The minimum absolute atomic E-state index is 0.0550. The van der Waals surface area contributed by atoms with E-state index in [2.05, 4.69) is 33.1 Å². The molecular weight excluding hydrogens is 973 g/mol. The Hall–Kier alpha value is -6.89. The molecule has 10 rings (SSSR count). The summed E-state index contributed by atoms with van der Waals surface area (Å²) in [4.78, 5) is 61.9. The Bertz CT molecular complexity index is 2960. The van der Waals surface area contributed by atoms with Crippen LogP contribution in [-0.2, 0) is 27.4 Å². The van der Waals surface area contributed by atoms with Crippen LogP contribution in [0.5, 0.6) is 17.2 Å². The van der Waals surface area contributed by atoms with Crippen molar-refractivity contribution in [3.8, 4) is 17.2 Å². The number of aliphatic hydroxyl groups excluding tert-OH is 5. The maximum atomic E-state index is 15.7. The number of ether oxygens (including phenoxy) is 3. The van der Waals surface area contributed by atoms with Crippen molar-refractivity contribution in [2.75, 3.05) is 40.5 Å². The summed E-state index contributed by atoms with van der Waals surface area (Å²) in [6.07, 6.45) is 7.82. The van der Waals surface area contributed by atoms with Crippen LogP contribution in [0.1, 0.15) is 91.7 Å². The van der Waals surface area contributed by atoms with Gasteiger partial charge in [0.15, 0.2) is 11.7 Å². The number of guanidine groups is 1. The quantitative estimate of drug-likeness (QED) is 0.0398. The molecule has 0 bridgehead atoms. The number of aliphatic hydroxyl groups is 6. The van der Waals surface area contributed by atoms with E-state index in [1.165, 1.54) is 26.3 Å². The fourth-order valence-corrected chi connectivity index (χ4v) is 13.2. The molecule has 0 aromatic heterocycles. The third-order valence-electron chi connectivity index (χ3n) is 16.6. The van der Waals surface area contributed by atoms with Crippen LogP contribution in [0.25, 0.3) is 0 Å². The number of nitrogens with zero attached hydrogens (tertiary/aromatic N) is 2. The number of fused-ring (bicyclic) bond motifs is 3. The number of rotatable bonds is 14. The molecule has 22 heteroatoms. The summed E-state index contributed by atoms with van der Waals surface area (Å²) in [7, 11) is 2.77. The van der Waals surface area contributed by atoms with Gasteiger partial charge in [-0.2, -0.15) is 0 Å². The first-order valence-electron chi connectivity index (χ1n) is 25.0. The van der Waals surface area contributed by atoms with E-state index in [9.17, 15) is 45.3 Å². The lowest BCUT2D eigenvalue weighted by Crippen LogP contribution is -2.68. The van der Waals surface area contributed by atoms with Gasteiger partial charge in [0.05, 0.1) is 49.5 Å². The van der Waals surface area contributed by atoms with Gasteiger partial charge >= 0.3 is 0 Å². The van der Waals surface area contributed by atoms with Gasteiger partial charge in [-0.15, -0.1) is 0 Å². The average Bonchev–Trinajstić information content (AvgIpc) is 4.07. The van der Waals surface area contributed by atoms with Crippen LogP contribution in [0.3, 0.4) is 0 Å². The second kappa shape index (κ2) is 19.7. The number of amides is 2. The molecule has 2 amide bonds. The maximum Gasteiger partial charge on any atom is 0.253 e. The van der Waals surface area contributed by atoms with Gasteiger partial charge in [0.2, 0.25) is 12.1 Å². The highest BCUT2D eigenvalue weighted by molar-refractivity contribution is 6.31. The average molecular weight is 1040 g/mol. The Morgan fingerprint density at radius 2 is 1.77 bits per heavy atom. The molecular formula is C53H62N8O14. The zero-order valence-corrected chi connectivity index (χ0v) is 41.2. The van der Waals surface area contributed by atoms with Crippen LogP contribution < -0.4 is 42.6 Å². The summed E-state index contributed by atoms with van der Waals surface area (Å²) in [5.41, 5.74) is 16.9. The van der Waals surface area contributed by atoms with Gasteiger partial charge in [-0.3, -0.25) is 29.1 Å². The molecule has 16 N–H and O–H groups in total. The lowest BCUT2D eigenvalue weighted by atomic mass is 9.56. The van der Waals surface area contributed by atoms with E-state index in [1.54, 1.807) is 6.08 Å². The lowest BCUT2D eigenvalue weighted by Gasteiger charge is -2.49. The summed E-state index contributed by atoms with van der Waals surface area (Å²) < 4.78 is 18.1. The number of nitrogens with one attached hydrogen (secondary N) is 3. The molecule has 12 unspecified atom stereocenters. The van der Waals surface area contributed by atoms with E-state index in [-0.39, 0.29) is 77.7 Å². The number of methoxy groups -OCH3 is 1. The Morgan fingerprint density at radius 3 is 2.43 bits per heavy atom. The standard InChI is InChI=1S/C53H62N8O14/c1-57-51(56)60-30-15-24-9-12-52(27-4-6-34(54)59-19-27)26(11-14-62)3-5-28-38(44(24)52)41(30)46(68)43-39(28)45(67)40-29(21-63)31(73-2)17-32(42(40)47(43)69)74-50-48(70)49(71)53(72,33(22-64)75-50)18-25(23-10-13-58-35(55)16-23)20-61-36(65)7-8-37(61)66/h4,6-10,12,16-17,19,24-26,30,33-34,44,48-50,58-59,62-64,68,70-72H,3,5,11,13-15,18,20-22,54-55H2,1-2H3,(H3,56,57,60). The van der Waals surface area contributed by atoms with Crippen LogP contribution in [0, 0.1) is 23.2 Å². The summed E-state index contributed by atoms with van der Waals surface area (Å²) in [6, 6.07) is 0.455. The number of imide groups is 1. The largest absolute Gasteiger partial charge is 0.507 e. The number of ketones is 2. The number of carbonyl (C=O) groups is 4. The number of phenolic OH excluding ortho intramolecular Hbond substituents is 1. The molecule has 4 heterocycles. The van der Waals surface area contributed by atoms with Crippen molar-refractivity contribution >= 4 is 29.3 Å². The van der Waals surface area contributed by atoms with Crippen molar-refractivity contribution in [3.63, 3.8) is 0 Å². The van der Waals surface area contributed by atoms with Crippen molar-refractivity contribution in [1.82, 2.24) is 20.9 Å². The predicted molar refractivity (Wildman–Crippen MR) is 267 cm³/mol. The van der Waals surface area contributed by atoms with Crippen molar-refractivity contribution in [2.45, 2.75) is 87.0 Å². The molecule has 12 atom stereocenters. The second-order valence-electron chi connectivity index (χ2n) is 20.3. The molecule has 8 aliphatic rings. The Balaban J connectivity index is 1.08. The Labute approximate surface area is 430 Å². The first kappa shape index (κ1) is 51.6. The summed E-state index contributed by atoms with van der Waals surface area (Å²) in [5.74, 6) is -5.42. The first-order valence-corrected chi connectivity index (χ1v) is 25.0. The number of aromatic hydroxyl groups is 1. The fourth-order valence-electron chi connectivity index (χ4n) is 13.2. The Kier molecular flexibility index (Phi) is 13.5. The molecule has 2 aromatic rings. The molecule has 398 valence electrons. The molecule has 0 spiro atoms. The summed E-state index contributed by atoms with van der Waals surface area (Å²) >= 11 is 0. The highest BCUT2D eigenvalue weighted by Crippen LogP contribution is 2.67. The third kappa shape index (κ3) is 8.13. The van der Waals surface area contributed by atoms with Crippen LogP contribution in [-0.4, -0.2) is 147 Å². The normalized spacial score (nSPS) is 31.9. The van der Waals surface area contributed by atoms with Crippen molar-refractivity contribution in [1.29, 1.82) is 0 Å². The molecule has 1 fully saturated rings. The molecule has 4 aliphatic carbocycles. The van der Waals surface area contributed by atoms with Gasteiger partial charge in [-0.05, 0) is 78.4 Å². The lowest BCUT2D eigenvalue weighted by molar-refractivity contribution is -0.316. The number of carbonyl (C=O) groups excluding carboxylic acids is 4. The molecule has 0 radical (unpaired) electrons. The van der Waals surface area contributed by atoms with Gasteiger partial charge < -0.3 is 83.1 Å². The smallest absolute Gasteiger partial charge is 0.253 e. The SMILES string of the molecule is CN=C(N)NC1CC2C=CC3(C4=CNC(N)C=C4)C(CCO)CCc4c5c(c(O)c1c4C23)C(=O)c1c(OC2OC(CO)C(O)(CC(CN3C(=O)C=CC3=O)C3=CCNC(N)=C3)C(O)C2O)cc(OC)c(CO)c1C5=O. The van der Waals surface area contributed by atoms with Crippen LogP contribution in [0.15, 0.2) is 82.8 Å². The first-order chi connectivity index (χ1) is 35.9. The number of benzene rings is 2. The summed E-state index contributed by atoms with van der Waals surface area (Å²) in [5, 5.41) is 90.9. The number of hydrogen-bond acceptors (Lipinski definition) is 19. The maximum absolute atomic E-state index is 15.7. The zero-order chi connectivity index (χ0) is 53.4. The monoisotopic (exact) mass is 1030 g/mol. The van der Waals surface area contributed by atoms with Gasteiger partial charge in [-0.1, -0.05) is 24.3 Å². The molecule has 22 nitrogen and oxygen atoms in total. The minimum atomic E-state index is -2.49. The minimum Gasteiger partial charge on any atom is -0.507 e. The molecule has 75 heavy (non-hydrogen) atoms. The number of dihydropyridines is 2. The number of aliphatic imine (C=N–C) groups is 1. The number of nitrogens with two attached hydrogens (primary N) is 3.